The molecule has 1 aromatic heterocycles. The minimum Gasteiger partial charge on any atom is -0.491 e. The van der Waals surface area contributed by atoms with Crippen LogP contribution in [0.1, 0.15) is 48.3 Å². The first-order valence-corrected chi connectivity index (χ1v) is 8.52. The minimum absolute atomic E-state index is 0.0213. The molecule has 2 N–H and O–H groups in total. The third-order valence-electron chi connectivity index (χ3n) is 4.84. The lowest BCUT2D eigenvalue weighted by Gasteiger charge is -2.35. The van der Waals surface area contributed by atoms with E-state index in [1.807, 2.05) is 23.2 Å². The molecule has 1 aromatic carbocycles. The molecule has 2 atom stereocenters. The van der Waals surface area contributed by atoms with Gasteiger partial charge < -0.3 is 19.9 Å². The number of aryl methyl sites for hydroxylation is 1. The fourth-order valence-corrected chi connectivity index (χ4v) is 3.60. The second-order valence-corrected chi connectivity index (χ2v) is 6.53. The number of amides is 2. The van der Waals surface area contributed by atoms with Gasteiger partial charge in [-0.1, -0.05) is 17.7 Å². The van der Waals surface area contributed by atoms with Gasteiger partial charge in [0.1, 0.15) is 18.2 Å². The van der Waals surface area contributed by atoms with Gasteiger partial charge in [0.05, 0.1) is 12.1 Å². The summed E-state index contributed by atoms with van der Waals surface area (Å²) in [6.45, 7) is 3.30. The summed E-state index contributed by atoms with van der Waals surface area (Å²) in [4.78, 5) is 22.3. The number of carbonyl (C=O) groups excluding carboxylic acids is 1. The lowest BCUT2D eigenvalue weighted by molar-refractivity contribution is 0.143. The number of rotatable bonds is 2. The van der Waals surface area contributed by atoms with Gasteiger partial charge in [-0.05, 0) is 32.3 Å². The number of imidazole rings is 1. The van der Waals surface area contributed by atoms with Crippen molar-refractivity contribution < 1.29 is 9.53 Å². The number of urea groups is 1. The number of ether oxygens (including phenoxy) is 1. The van der Waals surface area contributed by atoms with Crippen LogP contribution in [0.3, 0.4) is 0 Å². The Balaban J connectivity index is 1.51. The van der Waals surface area contributed by atoms with E-state index in [1.54, 1.807) is 6.20 Å². The maximum atomic E-state index is 12.9. The Morgan fingerprint density at radius 3 is 3.17 bits per heavy atom. The Kier molecular flexibility index (Phi) is 3.88. The molecule has 0 saturated carbocycles. The fourth-order valence-electron chi connectivity index (χ4n) is 3.60. The van der Waals surface area contributed by atoms with E-state index < -0.39 is 0 Å². The van der Waals surface area contributed by atoms with Crippen molar-refractivity contribution in [2.24, 2.45) is 0 Å². The number of likely N-dealkylation sites (tertiary alicyclic amines) is 1. The number of nitrogens with one attached hydrogen (secondary N) is 2. The van der Waals surface area contributed by atoms with Gasteiger partial charge in [0, 0.05) is 24.5 Å². The zero-order valence-corrected chi connectivity index (χ0v) is 13.8. The second kappa shape index (κ2) is 6.19. The normalized spacial score (nSPS) is 22.8. The van der Waals surface area contributed by atoms with Crippen molar-refractivity contribution in [1.82, 2.24) is 20.2 Å². The van der Waals surface area contributed by atoms with Gasteiger partial charge in [-0.25, -0.2) is 9.78 Å². The third-order valence-corrected chi connectivity index (χ3v) is 4.84. The van der Waals surface area contributed by atoms with Crippen LogP contribution >= 0.6 is 0 Å². The van der Waals surface area contributed by atoms with Gasteiger partial charge in [-0.15, -0.1) is 0 Å². The third kappa shape index (κ3) is 2.72. The molecule has 0 bridgehead atoms. The largest absolute Gasteiger partial charge is 0.491 e. The molecule has 6 nitrogen and oxygen atoms in total. The van der Waals surface area contributed by atoms with Gasteiger partial charge in [-0.3, -0.25) is 0 Å². The topological polar surface area (TPSA) is 70.2 Å². The van der Waals surface area contributed by atoms with Crippen molar-refractivity contribution in [2.75, 3.05) is 13.2 Å². The molecule has 0 aliphatic carbocycles. The maximum Gasteiger partial charge on any atom is 0.318 e. The predicted octanol–water partition coefficient (Wildman–Crippen LogP) is 3.09. The second-order valence-electron chi connectivity index (χ2n) is 6.53. The van der Waals surface area contributed by atoms with Crippen molar-refractivity contribution in [3.63, 3.8) is 0 Å². The maximum absolute atomic E-state index is 12.9. The van der Waals surface area contributed by atoms with Gasteiger partial charge in [0.2, 0.25) is 0 Å². The highest BCUT2D eigenvalue weighted by atomic mass is 16.5. The number of hydrogen-bond acceptors (Lipinski definition) is 3. The van der Waals surface area contributed by atoms with E-state index in [0.29, 0.717) is 6.61 Å². The first-order valence-electron chi connectivity index (χ1n) is 8.52. The average Bonchev–Trinajstić information content (AvgIpc) is 3.25. The van der Waals surface area contributed by atoms with Crippen LogP contribution in [0.25, 0.3) is 0 Å². The first-order chi connectivity index (χ1) is 11.7. The summed E-state index contributed by atoms with van der Waals surface area (Å²) in [6.07, 6.45) is 6.64. The number of carbonyl (C=O) groups is 1. The highest BCUT2D eigenvalue weighted by molar-refractivity contribution is 5.75. The van der Waals surface area contributed by atoms with Crippen molar-refractivity contribution in [1.29, 1.82) is 0 Å². The minimum atomic E-state index is -0.0911. The van der Waals surface area contributed by atoms with Crippen LogP contribution in [0.4, 0.5) is 4.79 Å². The number of aromatic amines is 1. The number of benzene rings is 1. The number of fused-ring (bicyclic) bond motifs is 1. The van der Waals surface area contributed by atoms with Crippen molar-refractivity contribution >= 4 is 6.03 Å². The Bertz CT molecular complexity index is 729. The average molecular weight is 326 g/mol. The standard InChI is InChI=1S/C18H22N4O2/c1-12-5-6-16-13(10-12)14(11-24-16)21-18(23)22-9-3-2-4-15(22)17-19-7-8-20-17/h5-8,10,14-15H,2-4,9,11H2,1H3,(H,19,20)(H,21,23). The molecule has 2 amide bonds. The summed E-state index contributed by atoms with van der Waals surface area (Å²) in [5.41, 5.74) is 2.24. The lowest BCUT2D eigenvalue weighted by atomic mass is 10.0. The molecule has 1 saturated heterocycles. The van der Waals surface area contributed by atoms with E-state index in [-0.39, 0.29) is 18.1 Å². The van der Waals surface area contributed by atoms with E-state index in [2.05, 4.69) is 28.3 Å². The molecule has 3 heterocycles. The number of piperidine rings is 1. The molecule has 4 rings (SSSR count). The number of nitrogens with zero attached hydrogens (tertiary/aromatic N) is 2. The van der Waals surface area contributed by atoms with E-state index in [0.717, 1.165) is 42.9 Å². The van der Waals surface area contributed by atoms with Crippen LogP contribution in [0.5, 0.6) is 5.75 Å². The molecule has 126 valence electrons. The predicted molar refractivity (Wildman–Crippen MR) is 89.8 cm³/mol. The first kappa shape index (κ1) is 15.1. The highest BCUT2D eigenvalue weighted by Crippen LogP contribution is 2.34. The molecule has 2 aromatic rings. The molecular formula is C18H22N4O2. The summed E-state index contributed by atoms with van der Waals surface area (Å²) in [5, 5.41) is 3.14. The Hall–Kier alpha value is -2.50. The summed E-state index contributed by atoms with van der Waals surface area (Å²) in [5.74, 6) is 1.73. The van der Waals surface area contributed by atoms with Crippen LogP contribution < -0.4 is 10.1 Å². The summed E-state index contributed by atoms with van der Waals surface area (Å²) < 4.78 is 5.70. The van der Waals surface area contributed by atoms with Gasteiger partial charge >= 0.3 is 6.03 Å². The molecule has 24 heavy (non-hydrogen) atoms. The molecule has 2 aliphatic rings. The quantitative estimate of drug-likeness (QED) is 0.891. The smallest absolute Gasteiger partial charge is 0.318 e. The molecule has 0 radical (unpaired) electrons. The van der Waals surface area contributed by atoms with Crippen molar-refractivity contribution in [3.05, 3.63) is 47.5 Å². The molecule has 2 unspecified atom stereocenters. The molecule has 2 aliphatic heterocycles. The number of H-pyrrole nitrogens is 1. The van der Waals surface area contributed by atoms with E-state index in [9.17, 15) is 4.79 Å². The van der Waals surface area contributed by atoms with Crippen LogP contribution in [0.2, 0.25) is 0 Å². The highest BCUT2D eigenvalue weighted by Gasteiger charge is 2.33. The SMILES string of the molecule is Cc1ccc2c(c1)C(NC(=O)N1CCCCC1c1ncc[nH]1)CO2. The van der Waals surface area contributed by atoms with Crippen LogP contribution in [0, 0.1) is 6.92 Å². The summed E-state index contributed by atoms with van der Waals surface area (Å²) in [7, 11) is 0. The molecule has 1 fully saturated rings. The molecule has 0 spiro atoms. The van der Waals surface area contributed by atoms with Crippen molar-refractivity contribution in [3.8, 4) is 5.75 Å². The van der Waals surface area contributed by atoms with E-state index in [4.69, 9.17) is 4.74 Å². The molecule has 6 heteroatoms. The van der Waals surface area contributed by atoms with Crippen LogP contribution in [0.15, 0.2) is 30.6 Å². The zero-order valence-electron chi connectivity index (χ0n) is 13.8. The Morgan fingerprint density at radius 2 is 2.33 bits per heavy atom. The Labute approximate surface area is 141 Å². The van der Waals surface area contributed by atoms with Gasteiger partial charge in [-0.2, -0.15) is 0 Å². The van der Waals surface area contributed by atoms with Crippen LogP contribution in [-0.4, -0.2) is 34.1 Å². The lowest BCUT2D eigenvalue weighted by Crippen LogP contribution is -2.46. The zero-order chi connectivity index (χ0) is 16.5. The van der Waals surface area contributed by atoms with E-state index >= 15 is 0 Å². The Morgan fingerprint density at radius 1 is 1.42 bits per heavy atom. The van der Waals surface area contributed by atoms with Gasteiger partial charge in [0.25, 0.3) is 0 Å². The summed E-state index contributed by atoms with van der Waals surface area (Å²) >= 11 is 0. The fraction of sp³-hybridized carbons (Fsp3) is 0.444. The van der Waals surface area contributed by atoms with Crippen molar-refractivity contribution in [2.45, 2.75) is 38.3 Å². The van der Waals surface area contributed by atoms with Gasteiger partial charge in [0.15, 0.2) is 0 Å². The number of aromatic nitrogens is 2. The monoisotopic (exact) mass is 326 g/mol. The van der Waals surface area contributed by atoms with Crippen LogP contribution in [-0.2, 0) is 0 Å². The number of hydrogen-bond donors (Lipinski definition) is 2. The van der Waals surface area contributed by atoms with E-state index in [1.165, 1.54) is 5.56 Å². The molecular weight excluding hydrogens is 304 g/mol. The summed E-state index contributed by atoms with van der Waals surface area (Å²) in [6, 6.07) is 5.98.